The predicted octanol–water partition coefficient (Wildman–Crippen LogP) is 4.11. The Kier molecular flexibility index (Phi) is 5.75. The van der Waals surface area contributed by atoms with E-state index in [0.29, 0.717) is 5.92 Å². The topological polar surface area (TPSA) is 64.1 Å². The van der Waals surface area contributed by atoms with Gasteiger partial charge in [0.05, 0.1) is 16.7 Å². The first-order chi connectivity index (χ1) is 11.2. The van der Waals surface area contributed by atoms with Gasteiger partial charge in [-0.1, -0.05) is 26.0 Å². The van der Waals surface area contributed by atoms with E-state index in [1.807, 2.05) is 51.2 Å². The lowest BCUT2D eigenvalue weighted by atomic mass is 9.98. The number of aryl methyl sites for hydroxylation is 1. The van der Waals surface area contributed by atoms with E-state index in [4.69, 9.17) is 4.74 Å². The highest BCUT2D eigenvalue weighted by Gasteiger charge is 2.21. The number of aromatic nitrogens is 2. The summed E-state index contributed by atoms with van der Waals surface area (Å²) >= 11 is 0. The molecule has 1 aromatic carbocycles. The number of para-hydroxylation sites is 2. The molecule has 2 rings (SSSR count). The number of ether oxygens (including phenoxy) is 1. The number of nitrogens with one attached hydrogen (secondary N) is 1. The Bertz CT molecular complexity index is 692. The van der Waals surface area contributed by atoms with Crippen molar-refractivity contribution in [2.75, 3.05) is 0 Å². The quantitative estimate of drug-likeness (QED) is 0.896. The van der Waals surface area contributed by atoms with Gasteiger partial charge in [-0.15, -0.1) is 0 Å². The Morgan fingerprint density at radius 3 is 2.50 bits per heavy atom. The van der Waals surface area contributed by atoms with Crippen LogP contribution in [0.5, 0.6) is 0 Å². The number of nitrogens with zero attached hydrogens (tertiary/aromatic N) is 2. The molecule has 5 nitrogen and oxygen atoms in total. The number of fused-ring (bicyclic) bond motifs is 1. The number of rotatable bonds is 5. The number of amides is 1. The Labute approximate surface area is 143 Å². The minimum absolute atomic E-state index is 0.0353. The molecule has 0 aliphatic heterocycles. The van der Waals surface area contributed by atoms with Crippen molar-refractivity contribution in [2.24, 2.45) is 5.92 Å². The van der Waals surface area contributed by atoms with Crippen LogP contribution in [0.15, 0.2) is 30.5 Å². The normalized spacial score (nSPS) is 13.1. The Morgan fingerprint density at radius 1 is 1.21 bits per heavy atom. The van der Waals surface area contributed by atoms with Gasteiger partial charge < -0.3 is 10.1 Å². The van der Waals surface area contributed by atoms with Gasteiger partial charge in [0.25, 0.3) is 0 Å². The predicted molar refractivity (Wildman–Crippen MR) is 95.9 cm³/mol. The molecule has 1 atom stereocenters. The van der Waals surface area contributed by atoms with Crippen molar-refractivity contribution in [1.82, 2.24) is 15.3 Å². The number of hydrogen-bond donors (Lipinski definition) is 1. The summed E-state index contributed by atoms with van der Waals surface area (Å²) in [6.07, 6.45) is 3.00. The van der Waals surface area contributed by atoms with Gasteiger partial charge >= 0.3 is 6.09 Å². The molecule has 0 radical (unpaired) electrons. The zero-order chi connectivity index (χ0) is 17.7. The number of benzene rings is 1. The van der Waals surface area contributed by atoms with E-state index in [2.05, 4.69) is 29.1 Å². The highest BCUT2D eigenvalue weighted by molar-refractivity contribution is 5.73. The lowest BCUT2D eigenvalue weighted by Crippen LogP contribution is -2.42. The van der Waals surface area contributed by atoms with Crippen LogP contribution >= 0.6 is 0 Å². The lowest BCUT2D eigenvalue weighted by Gasteiger charge is -2.25. The molecule has 1 N–H and O–H groups in total. The highest BCUT2D eigenvalue weighted by Crippen LogP contribution is 2.14. The first kappa shape index (κ1) is 18.2. The summed E-state index contributed by atoms with van der Waals surface area (Å²) in [4.78, 5) is 21.1. The molecule has 130 valence electrons. The molecule has 0 aliphatic carbocycles. The molecule has 0 aliphatic rings. The summed E-state index contributed by atoms with van der Waals surface area (Å²) in [6.45, 7) is 9.77. The fourth-order valence-corrected chi connectivity index (χ4v) is 2.45. The summed E-state index contributed by atoms with van der Waals surface area (Å²) < 4.78 is 5.35. The van der Waals surface area contributed by atoms with E-state index < -0.39 is 5.60 Å². The van der Waals surface area contributed by atoms with E-state index >= 15 is 0 Å². The van der Waals surface area contributed by atoms with Crippen LogP contribution in [0.4, 0.5) is 4.79 Å². The second-order valence-corrected chi connectivity index (χ2v) is 7.39. The van der Waals surface area contributed by atoms with E-state index in [9.17, 15) is 4.79 Å². The van der Waals surface area contributed by atoms with Crippen molar-refractivity contribution >= 4 is 17.1 Å². The first-order valence-corrected chi connectivity index (χ1v) is 8.45. The highest BCUT2D eigenvalue weighted by atomic mass is 16.6. The van der Waals surface area contributed by atoms with Crippen LogP contribution in [0.3, 0.4) is 0 Å². The molecule has 1 aromatic heterocycles. The molecule has 0 fully saturated rings. The van der Waals surface area contributed by atoms with Gasteiger partial charge in [0.2, 0.25) is 0 Å². The zero-order valence-corrected chi connectivity index (χ0v) is 15.2. The molecular formula is C19H27N3O2. The molecule has 1 unspecified atom stereocenters. The van der Waals surface area contributed by atoms with E-state index in [0.717, 1.165) is 29.6 Å². The average molecular weight is 329 g/mol. The largest absolute Gasteiger partial charge is 0.444 e. The van der Waals surface area contributed by atoms with Gasteiger partial charge in [-0.25, -0.2) is 9.78 Å². The standard InChI is InChI=1S/C19H27N3O2/c1-13(2)15(22-18(23)24-19(3,4)5)11-10-14-12-20-16-8-6-7-9-17(16)21-14/h6-9,12-13,15H,10-11H2,1-5H3,(H,22,23). The van der Waals surface area contributed by atoms with Crippen LogP contribution in [0, 0.1) is 5.92 Å². The molecule has 5 heteroatoms. The molecule has 0 saturated carbocycles. The molecule has 1 heterocycles. The van der Waals surface area contributed by atoms with Crippen LogP contribution in [-0.2, 0) is 11.2 Å². The molecule has 0 saturated heterocycles. The van der Waals surface area contributed by atoms with E-state index in [1.54, 1.807) is 0 Å². The maximum atomic E-state index is 12.0. The van der Waals surface area contributed by atoms with Gasteiger partial charge in [-0.2, -0.15) is 0 Å². The van der Waals surface area contributed by atoms with E-state index in [1.165, 1.54) is 0 Å². The molecule has 24 heavy (non-hydrogen) atoms. The Morgan fingerprint density at radius 2 is 1.88 bits per heavy atom. The van der Waals surface area contributed by atoms with Crippen molar-refractivity contribution < 1.29 is 9.53 Å². The Balaban J connectivity index is 1.98. The van der Waals surface area contributed by atoms with Gasteiger partial charge in [0.1, 0.15) is 5.60 Å². The smallest absolute Gasteiger partial charge is 0.407 e. The fourth-order valence-electron chi connectivity index (χ4n) is 2.45. The van der Waals surface area contributed by atoms with Crippen LogP contribution in [0.25, 0.3) is 11.0 Å². The second kappa shape index (κ2) is 7.60. The summed E-state index contributed by atoms with van der Waals surface area (Å²) in [5, 5.41) is 2.97. The minimum Gasteiger partial charge on any atom is -0.444 e. The SMILES string of the molecule is CC(C)C(CCc1cnc2ccccc2n1)NC(=O)OC(C)(C)C. The second-order valence-electron chi connectivity index (χ2n) is 7.39. The van der Waals surface area contributed by atoms with Crippen LogP contribution in [0.2, 0.25) is 0 Å². The van der Waals surface area contributed by atoms with Crippen LogP contribution in [0.1, 0.15) is 46.7 Å². The van der Waals surface area contributed by atoms with Crippen LogP contribution in [-0.4, -0.2) is 27.7 Å². The molecule has 1 amide bonds. The van der Waals surface area contributed by atoms with Crippen LogP contribution < -0.4 is 5.32 Å². The number of carbonyl (C=O) groups excluding carboxylic acids is 1. The summed E-state index contributed by atoms with van der Waals surface area (Å²) in [5.41, 5.74) is 2.24. The van der Waals surface area contributed by atoms with Crippen molar-refractivity contribution in [1.29, 1.82) is 0 Å². The maximum absolute atomic E-state index is 12.0. The lowest BCUT2D eigenvalue weighted by molar-refractivity contribution is 0.0487. The molecular weight excluding hydrogens is 302 g/mol. The van der Waals surface area contributed by atoms with Gasteiger partial charge in [0, 0.05) is 12.2 Å². The summed E-state index contributed by atoms with van der Waals surface area (Å²) in [7, 11) is 0. The average Bonchev–Trinajstić information content (AvgIpc) is 2.49. The number of alkyl carbamates (subject to hydrolysis) is 1. The van der Waals surface area contributed by atoms with Crippen molar-refractivity contribution in [2.45, 2.75) is 59.1 Å². The fraction of sp³-hybridized carbons (Fsp3) is 0.526. The Hall–Kier alpha value is -2.17. The van der Waals surface area contributed by atoms with Crippen molar-refractivity contribution in [3.8, 4) is 0 Å². The summed E-state index contributed by atoms with van der Waals surface area (Å²) in [5.74, 6) is 0.311. The third-order valence-corrected chi connectivity index (χ3v) is 3.72. The van der Waals surface area contributed by atoms with E-state index in [-0.39, 0.29) is 12.1 Å². The molecule has 0 bridgehead atoms. The third-order valence-electron chi connectivity index (χ3n) is 3.72. The number of hydrogen-bond acceptors (Lipinski definition) is 4. The van der Waals surface area contributed by atoms with Crippen molar-refractivity contribution in [3.63, 3.8) is 0 Å². The molecule has 0 spiro atoms. The first-order valence-electron chi connectivity index (χ1n) is 8.45. The zero-order valence-electron chi connectivity index (χ0n) is 15.2. The third kappa shape index (κ3) is 5.48. The minimum atomic E-state index is -0.491. The van der Waals surface area contributed by atoms with Gasteiger partial charge in [-0.05, 0) is 51.7 Å². The van der Waals surface area contributed by atoms with Gasteiger partial charge in [0.15, 0.2) is 0 Å². The van der Waals surface area contributed by atoms with Gasteiger partial charge in [-0.3, -0.25) is 4.98 Å². The summed E-state index contributed by atoms with van der Waals surface area (Å²) in [6, 6.07) is 7.86. The number of carbonyl (C=O) groups is 1. The maximum Gasteiger partial charge on any atom is 0.407 e. The molecule has 2 aromatic rings. The monoisotopic (exact) mass is 329 g/mol. The van der Waals surface area contributed by atoms with Crippen molar-refractivity contribution in [3.05, 3.63) is 36.2 Å².